The Morgan fingerprint density at radius 1 is 1.44 bits per heavy atom. The van der Waals surface area contributed by atoms with Gasteiger partial charge in [-0.15, -0.1) is 5.10 Å². The van der Waals surface area contributed by atoms with E-state index in [-0.39, 0.29) is 12.4 Å². The number of nitrogens with one attached hydrogen (secondary N) is 1. The highest BCUT2D eigenvalue weighted by Gasteiger charge is 2.12. The van der Waals surface area contributed by atoms with Gasteiger partial charge in [-0.3, -0.25) is 4.57 Å². The molecule has 0 bridgehead atoms. The predicted octanol–water partition coefficient (Wildman–Crippen LogP) is 1.03. The van der Waals surface area contributed by atoms with Crippen molar-refractivity contribution in [2.75, 3.05) is 6.54 Å². The Balaban J connectivity index is 2.04. The van der Waals surface area contributed by atoms with Crippen molar-refractivity contribution < 1.29 is 8.78 Å². The fraction of sp³-hybridized carbons (Fsp3) is 0.500. The SMILES string of the molecule is CCNCc1cn(Cc2nccn2C(F)F)nn1. The van der Waals surface area contributed by atoms with E-state index in [1.807, 2.05) is 6.92 Å². The highest BCUT2D eigenvalue weighted by molar-refractivity contribution is 4.97. The molecule has 0 amide bonds. The first-order chi connectivity index (χ1) is 8.70. The molecule has 0 aromatic carbocycles. The molecule has 0 fully saturated rings. The molecule has 0 spiro atoms. The van der Waals surface area contributed by atoms with E-state index in [0.717, 1.165) is 16.8 Å². The summed E-state index contributed by atoms with van der Waals surface area (Å²) in [5, 5.41) is 10.9. The minimum atomic E-state index is -2.59. The van der Waals surface area contributed by atoms with E-state index < -0.39 is 6.55 Å². The summed E-state index contributed by atoms with van der Waals surface area (Å²) in [5.41, 5.74) is 0.770. The van der Waals surface area contributed by atoms with E-state index >= 15 is 0 Å². The number of rotatable bonds is 6. The lowest BCUT2D eigenvalue weighted by Crippen LogP contribution is -2.12. The third-order valence-corrected chi connectivity index (χ3v) is 2.40. The van der Waals surface area contributed by atoms with Crippen molar-refractivity contribution in [2.45, 2.75) is 26.6 Å². The van der Waals surface area contributed by atoms with E-state index in [0.29, 0.717) is 6.54 Å². The van der Waals surface area contributed by atoms with Crippen LogP contribution in [0.3, 0.4) is 0 Å². The fourth-order valence-corrected chi connectivity index (χ4v) is 1.54. The van der Waals surface area contributed by atoms with Gasteiger partial charge in [0.15, 0.2) is 0 Å². The van der Waals surface area contributed by atoms with Crippen LogP contribution in [0.2, 0.25) is 0 Å². The highest BCUT2D eigenvalue weighted by atomic mass is 19.3. The third-order valence-electron chi connectivity index (χ3n) is 2.40. The molecule has 18 heavy (non-hydrogen) atoms. The smallest absolute Gasteiger partial charge is 0.311 e. The Bertz CT molecular complexity index is 492. The summed E-state index contributed by atoms with van der Waals surface area (Å²) >= 11 is 0. The molecule has 2 heterocycles. The van der Waals surface area contributed by atoms with E-state index in [4.69, 9.17) is 0 Å². The first-order valence-electron chi connectivity index (χ1n) is 5.60. The summed E-state index contributed by atoms with van der Waals surface area (Å²) in [4.78, 5) is 3.88. The van der Waals surface area contributed by atoms with E-state index in [1.54, 1.807) is 6.20 Å². The van der Waals surface area contributed by atoms with Gasteiger partial charge in [-0.25, -0.2) is 9.67 Å². The van der Waals surface area contributed by atoms with Crippen LogP contribution in [-0.2, 0) is 13.1 Å². The van der Waals surface area contributed by atoms with Crippen molar-refractivity contribution in [3.63, 3.8) is 0 Å². The molecule has 6 nitrogen and oxygen atoms in total. The summed E-state index contributed by atoms with van der Waals surface area (Å²) < 4.78 is 27.5. The van der Waals surface area contributed by atoms with Gasteiger partial charge < -0.3 is 5.32 Å². The quantitative estimate of drug-likeness (QED) is 0.838. The molecule has 0 aliphatic carbocycles. The first-order valence-corrected chi connectivity index (χ1v) is 5.60. The lowest BCUT2D eigenvalue weighted by atomic mass is 10.4. The number of alkyl halides is 2. The average Bonchev–Trinajstić information content (AvgIpc) is 2.96. The minimum absolute atomic E-state index is 0.177. The molecule has 98 valence electrons. The van der Waals surface area contributed by atoms with E-state index in [9.17, 15) is 8.78 Å². The number of hydrogen-bond donors (Lipinski definition) is 1. The molecule has 2 aromatic rings. The Hall–Kier alpha value is -1.83. The van der Waals surface area contributed by atoms with Gasteiger partial charge in [0.25, 0.3) is 0 Å². The molecule has 0 atom stereocenters. The summed E-state index contributed by atoms with van der Waals surface area (Å²) in [6.45, 7) is 1.02. The van der Waals surface area contributed by atoms with Crippen LogP contribution in [0.4, 0.5) is 8.78 Å². The molecule has 0 aliphatic heterocycles. The fourth-order valence-electron chi connectivity index (χ4n) is 1.54. The van der Waals surface area contributed by atoms with Crippen LogP contribution in [0.25, 0.3) is 0 Å². The molecular formula is C10H14F2N6. The van der Waals surface area contributed by atoms with Gasteiger partial charge in [-0.2, -0.15) is 8.78 Å². The van der Waals surface area contributed by atoms with E-state index in [1.165, 1.54) is 17.1 Å². The monoisotopic (exact) mass is 256 g/mol. The molecule has 0 unspecified atom stereocenters. The molecule has 0 saturated heterocycles. The zero-order valence-electron chi connectivity index (χ0n) is 9.92. The maximum Gasteiger partial charge on any atom is 0.319 e. The van der Waals surface area contributed by atoms with Crippen molar-refractivity contribution in [3.8, 4) is 0 Å². The summed E-state index contributed by atoms with van der Waals surface area (Å²) in [5.74, 6) is 0.255. The van der Waals surface area contributed by atoms with Crippen LogP contribution in [-0.4, -0.2) is 31.1 Å². The Labute approximate surface area is 103 Å². The molecule has 2 aromatic heterocycles. The van der Waals surface area contributed by atoms with Gasteiger partial charge in [-0.1, -0.05) is 12.1 Å². The number of halogens is 2. The van der Waals surface area contributed by atoms with Gasteiger partial charge in [0.1, 0.15) is 12.4 Å². The second-order valence-electron chi connectivity index (χ2n) is 3.72. The third kappa shape index (κ3) is 2.89. The van der Waals surface area contributed by atoms with Gasteiger partial charge in [-0.05, 0) is 6.54 Å². The van der Waals surface area contributed by atoms with Crippen molar-refractivity contribution in [1.29, 1.82) is 0 Å². The molecule has 0 aliphatic rings. The van der Waals surface area contributed by atoms with Crippen LogP contribution >= 0.6 is 0 Å². The zero-order chi connectivity index (χ0) is 13.0. The highest BCUT2D eigenvalue weighted by Crippen LogP contribution is 2.12. The number of imidazole rings is 1. The first kappa shape index (κ1) is 12.6. The molecular weight excluding hydrogens is 242 g/mol. The maximum absolute atomic E-state index is 12.6. The lowest BCUT2D eigenvalue weighted by Gasteiger charge is -2.05. The summed E-state index contributed by atoms with van der Waals surface area (Å²) in [6.07, 6.45) is 4.31. The van der Waals surface area contributed by atoms with Crippen molar-refractivity contribution in [2.24, 2.45) is 0 Å². The predicted molar refractivity (Wildman–Crippen MR) is 60.0 cm³/mol. The maximum atomic E-state index is 12.6. The van der Waals surface area contributed by atoms with Gasteiger partial charge >= 0.3 is 6.55 Å². The largest absolute Gasteiger partial charge is 0.319 e. The number of aromatic nitrogens is 5. The summed E-state index contributed by atoms with van der Waals surface area (Å²) in [6, 6.07) is 0. The zero-order valence-corrected chi connectivity index (χ0v) is 9.92. The van der Waals surface area contributed by atoms with E-state index in [2.05, 4.69) is 20.6 Å². The molecule has 0 saturated carbocycles. The van der Waals surface area contributed by atoms with Gasteiger partial charge in [0.2, 0.25) is 0 Å². The standard InChI is InChI=1S/C10H14F2N6/c1-2-13-5-8-6-17(16-15-8)7-9-14-3-4-18(9)10(11)12/h3-4,6,10,13H,2,5,7H2,1H3. The minimum Gasteiger partial charge on any atom is -0.311 e. The second-order valence-corrected chi connectivity index (χ2v) is 3.72. The lowest BCUT2D eigenvalue weighted by molar-refractivity contribution is 0.0665. The number of hydrogen-bond acceptors (Lipinski definition) is 4. The Kier molecular flexibility index (Phi) is 3.98. The Morgan fingerprint density at radius 3 is 3.00 bits per heavy atom. The van der Waals surface area contributed by atoms with Gasteiger partial charge in [0.05, 0.1) is 11.9 Å². The summed E-state index contributed by atoms with van der Waals surface area (Å²) in [7, 11) is 0. The average molecular weight is 256 g/mol. The Morgan fingerprint density at radius 2 is 2.28 bits per heavy atom. The normalized spacial score (nSPS) is 11.3. The molecule has 2 rings (SSSR count). The van der Waals surface area contributed by atoms with Crippen molar-refractivity contribution in [1.82, 2.24) is 29.9 Å². The molecule has 1 N–H and O–H groups in total. The molecule has 0 radical (unpaired) electrons. The molecule has 8 heteroatoms. The van der Waals surface area contributed by atoms with Gasteiger partial charge in [0, 0.05) is 18.9 Å². The topological polar surface area (TPSA) is 60.6 Å². The van der Waals surface area contributed by atoms with Crippen LogP contribution in [0.15, 0.2) is 18.6 Å². The van der Waals surface area contributed by atoms with Crippen molar-refractivity contribution in [3.05, 3.63) is 30.1 Å². The van der Waals surface area contributed by atoms with Crippen LogP contribution < -0.4 is 5.32 Å². The van der Waals surface area contributed by atoms with Crippen molar-refractivity contribution >= 4 is 0 Å². The number of nitrogens with zero attached hydrogens (tertiary/aromatic N) is 5. The van der Waals surface area contributed by atoms with Crippen LogP contribution in [0.1, 0.15) is 25.0 Å². The van der Waals surface area contributed by atoms with Crippen LogP contribution in [0, 0.1) is 0 Å². The second kappa shape index (κ2) is 5.67. The van der Waals surface area contributed by atoms with Crippen LogP contribution in [0.5, 0.6) is 0 Å².